The topological polar surface area (TPSA) is 90.0 Å². The maximum absolute atomic E-state index is 12.9. The Morgan fingerprint density at radius 3 is 2.76 bits per heavy atom. The molecule has 2 heterocycles. The molecule has 0 radical (unpaired) electrons. The number of amides is 2. The van der Waals surface area contributed by atoms with E-state index in [1.54, 1.807) is 49.6 Å². The van der Waals surface area contributed by atoms with Gasteiger partial charge < -0.3 is 19.5 Å². The fraction of sp³-hybridized carbons (Fsp3) is 0.320. The van der Waals surface area contributed by atoms with Crippen molar-refractivity contribution in [3.8, 4) is 22.8 Å². The van der Waals surface area contributed by atoms with Crippen LogP contribution in [-0.2, 0) is 20.7 Å². The van der Waals surface area contributed by atoms with Crippen LogP contribution >= 0.6 is 11.3 Å². The minimum Gasteiger partial charge on any atom is -0.494 e. The monoisotopic (exact) mass is 481 g/mol. The molecule has 0 bridgehead atoms. The van der Waals surface area contributed by atoms with Crippen LogP contribution in [0.4, 0.5) is 11.4 Å². The van der Waals surface area contributed by atoms with Gasteiger partial charge in [0.25, 0.3) is 5.91 Å². The van der Waals surface area contributed by atoms with Gasteiger partial charge in [0, 0.05) is 30.2 Å². The summed E-state index contributed by atoms with van der Waals surface area (Å²) in [4.78, 5) is 31.9. The van der Waals surface area contributed by atoms with Crippen molar-refractivity contribution in [1.29, 1.82) is 0 Å². The van der Waals surface area contributed by atoms with Crippen molar-refractivity contribution in [3.05, 3.63) is 52.9 Å². The Kier molecular flexibility index (Phi) is 7.44. The first-order chi connectivity index (χ1) is 16.5. The molecule has 8 nitrogen and oxygen atoms in total. The Bertz CT molecular complexity index is 1160. The zero-order chi connectivity index (χ0) is 24.1. The molecule has 178 valence electrons. The number of carbonyl (C=O) groups excluding carboxylic acids is 2. The lowest BCUT2D eigenvalue weighted by molar-refractivity contribution is -0.127. The molecular weight excluding hydrogens is 454 g/mol. The quantitative estimate of drug-likeness (QED) is 0.494. The van der Waals surface area contributed by atoms with Gasteiger partial charge in [0.1, 0.15) is 18.0 Å². The molecule has 0 aliphatic carbocycles. The van der Waals surface area contributed by atoms with E-state index in [0.717, 1.165) is 28.4 Å². The number of carbonyl (C=O) groups is 2. The summed E-state index contributed by atoms with van der Waals surface area (Å²) in [5, 5.41) is 5.79. The first-order valence-corrected chi connectivity index (χ1v) is 11.9. The third-order valence-electron chi connectivity index (χ3n) is 5.29. The Labute approximate surface area is 202 Å². The van der Waals surface area contributed by atoms with Gasteiger partial charge in [-0.15, -0.1) is 11.3 Å². The van der Waals surface area contributed by atoms with Gasteiger partial charge in [0.15, 0.2) is 6.10 Å². The van der Waals surface area contributed by atoms with Gasteiger partial charge in [0.05, 0.1) is 29.6 Å². The fourth-order valence-corrected chi connectivity index (χ4v) is 4.41. The molecular formula is C25H27N3O5S. The number of nitrogens with one attached hydrogen (secondary N) is 1. The average molecular weight is 482 g/mol. The van der Waals surface area contributed by atoms with E-state index in [1.807, 2.05) is 30.5 Å². The van der Waals surface area contributed by atoms with Gasteiger partial charge in [-0.1, -0.05) is 0 Å². The Morgan fingerprint density at radius 2 is 2.03 bits per heavy atom. The minimum atomic E-state index is -0.684. The van der Waals surface area contributed by atoms with Gasteiger partial charge >= 0.3 is 0 Å². The van der Waals surface area contributed by atoms with Gasteiger partial charge in [-0.3, -0.25) is 14.5 Å². The molecule has 1 aliphatic heterocycles. The summed E-state index contributed by atoms with van der Waals surface area (Å²) in [7, 11) is 1.66. The number of fused-ring (bicyclic) bond motifs is 1. The van der Waals surface area contributed by atoms with Crippen LogP contribution in [0.2, 0.25) is 0 Å². The minimum absolute atomic E-state index is 0.133. The number of hydrogen-bond acceptors (Lipinski definition) is 7. The largest absolute Gasteiger partial charge is 0.494 e. The number of hydrogen-bond donors (Lipinski definition) is 1. The van der Waals surface area contributed by atoms with E-state index < -0.39 is 6.10 Å². The van der Waals surface area contributed by atoms with Gasteiger partial charge in [-0.25, -0.2) is 4.98 Å². The lowest BCUT2D eigenvalue weighted by atomic mass is 10.1. The maximum atomic E-state index is 12.9. The normalized spacial score (nSPS) is 15.0. The number of ether oxygens (including phenoxy) is 3. The Morgan fingerprint density at radius 1 is 1.24 bits per heavy atom. The van der Waals surface area contributed by atoms with E-state index in [-0.39, 0.29) is 18.4 Å². The van der Waals surface area contributed by atoms with E-state index in [4.69, 9.17) is 14.2 Å². The predicted octanol–water partition coefficient (Wildman–Crippen LogP) is 4.15. The number of aromatic nitrogens is 1. The lowest BCUT2D eigenvalue weighted by Gasteiger charge is -2.32. The van der Waals surface area contributed by atoms with Gasteiger partial charge in [-0.05, 0) is 56.3 Å². The number of rotatable bonds is 9. The van der Waals surface area contributed by atoms with Crippen molar-refractivity contribution >= 4 is 34.5 Å². The van der Waals surface area contributed by atoms with E-state index in [2.05, 4.69) is 10.3 Å². The summed E-state index contributed by atoms with van der Waals surface area (Å²) < 4.78 is 16.3. The SMILES string of the molecule is CCOc1ccc(NC(=O)CN2C(=O)C(C)Oc3ccc(-c4csc(CCOC)n4)cc32)cc1. The Hall–Kier alpha value is -3.43. The second-order valence-electron chi connectivity index (χ2n) is 7.74. The second kappa shape index (κ2) is 10.7. The molecule has 34 heavy (non-hydrogen) atoms. The maximum Gasteiger partial charge on any atom is 0.268 e. The molecule has 3 aromatic rings. The molecule has 1 aromatic heterocycles. The van der Waals surface area contributed by atoms with E-state index >= 15 is 0 Å². The molecule has 2 aromatic carbocycles. The zero-order valence-electron chi connectivity index (χ0n) is 19.4. The summed E-state index contributed by atoms with van der Waals surface area (Å²) in [5.74, 6) is 0.704. The van der Waals surface area contributed by atoms with E-state index in [0.29, 0.717) is 30.3 Å². The smallest absolute Gasteiger partial charge is 0.268 e. The summed E-state index contributed by atoms with van der Waals surface area (Å²) in [6, 6.07) is 12.7. The van der Waals surface area contributed by atoms with Crippen LogP contribution in [0, 0.1) is 0 Å². The molecule has 9 heteroatoms. The molecule has 0 saturated carbocycles. The third-order valence-corrected chi connectivity index (χ3v) is 6.19. The number of anilines is 2. The molecule has 0 spiro atoms. The van der Waals surface area contributed by atoms with Crippen molar-refractivity contribution in [2.75, 3.05) is 37.1 Å². The highest BCUT2D eigenvalue weighted by Crippen LogP contribution is 2.37. The van der Waals surface area contributed by atoms with Crippen molar-refractivity contribution in [2.45, 2.75) is 26.4 Å². The lowest BCUT2D eigenvalue weighted by Crippen LogP contribution is -2.47. The second-order valence-corrected chi connectivity index (χ2v) is 8.68. The van der Waals surface area contributed by atoms with Gasteiger partial charge in [-0.2, -0.15) is 0 Å². The number of thiazole rings is 1. The zero-order valence-corrected chi connectivity index (χ0v) is 20.2. The summed E-state index contributed by atoms with van der Waals surface area (Å²) >= 11 is 1.56. The number of benzene rings is 2. The standard InChI is InChI=1S/C25H27N3O5S/c1-4-32-19-8-6-18(7-9-19)26-23(29)14-28-21-13-17(5-10-22(21)33-16(2)25(28)30)20-15-34-24(27-20)11-12-31-3/h5-10,13,15-16H,4,11-12,14H2,1-3H3,(H,26,29). The first-order valence-electron chi connectivity index (χ1n) is 11.1. The molecule has 1 atom stereocenters. The summed E-state index contributed by atoms with van der Waals surface area (Å²) in [6.45, 7) is 4.63. The van der Waals surface area contributed by atoms with Crippen molar-refractivity contribution in [3.63, 3.8) is 0 Å². The van der Waals surface area contributed by atoms with Crippen molar-refractivity contribution < 1.29 is 23.8 Å². The Balaban J connectivity index is 1.53. The van der Waals surface area contributed by atoms with Crippen LogP contribution in [0.25, 0.3) is 11.3 Å². The number of nitrogens with zero attached hydrogens (tertiary/aromatic N) is 2. The molecule has 1 unspecified atom stereocenters. The molecule has 2 amide bonds. The van der Waals surface area contributed by atoms with Crippen LogP contribution in [0.5, 0.6) is 11.5 Å². The molecule has 4 rings (SSSR count). The first kappa shape index (κ1) is 23.7. The summed E-state index contributed by atoms with van der Waals surface area (Å²) in [5.41, 5.74) is 2.83. The van der Waals surface area contributed by atoms with Crippen molar-refractivity contribution in [2.24, 2.45) is 0 Å². The highest BCUT2D eigenvalue weighted by Gasteiger charge is 2.33. The van der Waals surface area contributed by atoms with E-state index in [9.17, 15) is 9.59 Å². The van der Waals surface area contributed by atoms with Crippen molar-refractivity contribution in [1.82, 2.24) is 4.98 Å². The number of methoxy groups -OCH3 is 1. The highest BCUT2D eigenvalue weighted by atomic mass is 32.1. The highest BCUT2D eigenvalue weighted by molar-refractivity contribution is 7.09. The van der Waals surface area contributed by atoms with Crippen LogP contribution in [0.1, 0.15) is 18.9 Å². The van der Waals surface area contributed by atoms with Crippen LogP contribution in [-0.4, -0.2) is 49.8 Å². The van der Waals surface area contributed by atoms with Crippen LogP contribution in [0.3, 0.4) is 0 Å². The molecule has 1 N–H and O–H groups in total. The molecule has 0 saturated heterocycles. The summed E-state index contributed by atoms with van der Waals surface area (Å²) in [6.07, 6.45) is 0.0554. The molecule has 1 aliphatic rings. The molecule has 0 fully saturated rings. The van der Waals surface area contributed by atoms with Gasteiger partial charge in [0.2, 0.25) is 5.91 Å². The predicted molar refractivity (Wildman–Crippen MR) is 132 cm³/mol. The fourth-order valence-electron chi connectivity index (χ4n) is 3.62. The van der Waals surface area contributed by atoms with E-state index in [1.165, 1.54) is 4.90 Å². The third kappa shape index (κ3) is 5.37. The average Bonchev–Trinajstić information content (AvgIpc) is 3.31. The van der Waals surface area contributed by atoms with Crippen LogP contribution < -0.4 is 19.7 Å². The van der Waals surface area contributed by atoms with Crippen LogP contribution in [0.15, 0.2) is 47.8 Å².